The molecule has 0 spiro atoms. The summed E-state index contributed by atoms with van der Waals surface area (Å²) in [5.41, 5.74) is 2.07. The summed E-state index contributed by atoms with van der Waals surface area (Å²) in [5, 5.41) is 3.26. The van der Waals surface area contributed by atoms with Crippen LogP contribution in [0.15, 0.2) is 60.7 Å². The highest BCUT2D eigenvalue weighted by atomic mass is 16.5. The number of nitrogens with zero attached hydrogens (tertiary/aromatic N) is 3. The van der Waals surface area contributed by atoms with E-state index in [1.165, 1.54) is 0 Å². The fraction of sp³-hybridized carbons (Fsp3) is 0.227. The van der Waals surface area contributed by atoms with Crippen LogP contribution >= 0.6 is 0 Å². The first kappa shape index (κ1) is 19.4. The van der Waals surface area contributed by atoms with Crippen LogP contribution in [0.25, 0.3) is 11.4 Å². The molecular weight excluding hydrogens is 352 g/mol. The first-order valence-electron chi connectivity index (χ1n) is 9.29. The summed E-state index contributed by atoms with van der Waals surface area (Å²) in [4.78, 5) is 23.8. The van der Waals surface area contributed by atoms with Gasteiger partial charge in [-0.25, -0.2) is 9.97 Å². The van der Waals surface area contributed by atoms with Crippen LogP contribution in [0.1, 0.15) is 24.3 Å². The zero-order chi connectivity index (χ0) is 19.9. The number of hydrogen-bond donors (Lipinski definition) is 1. The Hall–Kier alpha value is -3.41. The minimum absolute atomic E-state index is 0.109. The molecule has 0 saturated carbocycles. The molecule has 1 heterocycles. The molecule has 28 heavy (non-hydrogen) atoms. The Labute approximate surface area is 165 Å². The SMILES string of the molecule is CCN(CC)C(=O)c1cc(Nc2ccc(OC)cc2)nc(-c2ccccc2)n1. The van der Waals surface area contributed by atoms with E-state index in [-0.39, 0.29) is 5.91 Å². The number of carbonyl (C=O) groups excluding carboxylic acids is 1. The second-order valence-corrected chi connectivity index (χ2v) is 6.16. The zero-order valence-corrected chi connectivity index (χ0v) is 16.3. The Morgan fingerprint density at radius 1 is 1.00 bits per heavy atom. The Balaban J connectivity index is 2.00. The van der Waals surface area contributed by atoms with Gasteiger partial charge in [0.1, 0.15) is 17.3 Å². The van der Waals surface area contributed by atoms with Gasteiger partial charge in [-0.05, 0) is 38.1 Å². The standard InChI is InChI=1S/C22H24N4O2/c1-4-26(5-2)22(27)19-15-20(23-17-11-13-18(28-3)14-12-17)25-21(24-19)16-9-7-6-8-10-16/h6-15H,4-5H2,1-3H3,(H,23,24,25). The molecule has 0 unspecified atom stereocenters. The molecule has 6 heteroatoms. The van der Waals surface area contributed by atoms with E-state index in [2.05, 4.69) is 15.3 Å². The van der Waals surface area contributed by atoms with Gasteiger partial charge in [-0.15, -0.1) is 0 Å². The minimum atomic E-state index is -0.109. The van der Waals surface area contributed by atoms with E-state index in [0.717, 1.165) is 17.0 Å². The maximum absolute atomic E-state index is 12.9. The molecule has 1 N–H and O–H groups in total. The third kappa shape index (κ3) is 4.46. The third-order valence-corrected chi connectivity index (χ3v) is 4.39. The molecule has 0 radical (unpaired) electrons. The van der Waals surface area contributed by atoms with Crippen LogP contribution < -0.4 is 10.1 Å². The Morgan fingerprint density at radius 2 is 1.68 bits per heavy atom. The van der Waals surface area contributed by atoms with Crippen LogP contribution in [0.3, 0.4) is 0 Å². The molecule has 3 rings (SSSR count). The van der Waals surface area contributed by atoms with Gasteiger partial charge in [0.15, 0.2) is 5.82 Å². The summed E-state index contributed by atoms with van der Waals surface area (Å²) in [6.07, 6.45) is 0. The van der Waals surface area contributed by atoms with Gasteiger partial charge in [0, 0.05) is 30.4 Å². The molecule has 0 aliphatic heterocycles. The second kappa shape index (κ2) is 8.99. The molecular formula is C22H24N4O2. The van der Waals surface area contributed by atoms with Gasteiger partial charge in [-0.3, -0.25) is 4.79 Å². The molecule has 1 aromatic heterocycles. The lowest BCUT2D eigenvalue weighted by Crippen LogP contribution is -2.31. The topological polar surface area (TPSA) is 67.4 Å². The predicted molar refractivity (Wildman–Crippen MR) is 111 cm³/mol. The van der Waals surface area contributed by atoms with Crippen molar-refractivity contribution in [3.8, 4) is 17.1 Å². The summed E-state index contributed by atoms with van der Waals surface area (Å²) in [6, 6.07) is 18.9. The Kier molecular flexibility index (Phi) is 6.22. The van der Waals surface area contributed by atoms with Gasteiger partial charge < -0.3 is 15.0 Å². The van der Waals surface area contributed by atoms with Gasteiger partial charge in [0.05, 0.1) is 7.11 Å². The molecule has 1 amide bonds. The molecule has 0 saturated heterocycles. The van der Waals surface area contributed by atoms with E-state index in [0.29, 0.717) is 30.4 Å². The number of methoxy groups -OCH3 is 1. The number of rotatable bonds is 7. The van der Waals surface area contributed by atoms with Crippen molar-refractivity contribution >= 4 is 17.4 Å². The summed E-state index contributed by atoms with van der Waals surface area (Å²) in [5.74, 6) is 1.74. The second-order valence-electron chi connectivity index (χ2n) is 6.16. The molecule has 0 aliphatic carbocycles. The normalized spacial score (nSPS) is 10.4. The lowest BCUT2D eigenvalue weighted by molar-refractivity contribution is 0.0767. The van der Waals surface area contributed by atoms with Gasteiger partial charge >= 0.3 is 0 Å². The monoisotopic (exact) mass is 376 g/mol. The number of aromatic nitrogens is 2. The van der Waals surface area contributed by atoms with Crippen molar-refractivity contribution in [1.29, 1.82) is 0 Å². The first-order valence-corrected chi connectivity index (χ1v) is 9.29. The van der Waals surface area contributed by atoms with Gasteiger partial charge in [-0.1, -0.05) is 30.3 Å². The smallest absolute Gasteiger partial charge is 0.272 e. The van der Waals surface area contributed by atoms with Crippen molar-refractivity contribution in [3.63, 3.8) is 0 Å². The Bertz CT molecular complexity index is 923. The molecule has 3 aromatic rings. The molecule has 144 valence electrons. The number of carbonyl (C=O) groups is 1. The minimum Gasteiger partial charge on any atom is -0.497 e. The molecule has 2 aromatic carbocycles. The quantitative estimate of drug-likeness (QED) is 0.663. The number of amides is 1. The van der Waals surface area contributed by atoms with Crippen LogP contribution in [0.2, 0.25) is 0 Å². The van der Waals surface area contributed by atoms with E-state index in [1.54, 1.807) is 18.1 Å². The fourth-order valence-electron chi connectivity index (χ4n) is 2.83. The van der Waals surface area contributed by atoms with Crippen molar-refractivity contribution in [2.45, 2.75) is 13.8 Å². The summed E-state index contributed by atoms with van der Waals surface area (Å²) in [6.45, 7) is 5.16. The fourth-order valence-corrected chi connectivity index (χ4v) is 2.83. The van der Waals surface area contributed by atoms with E-state index >= 15 is 0 Å². The average Bonchev–Trinajstić information content (AvgIpc) is 2.75. The maximum Gasteiger partial charge on any atom is 0.272 e. The number of nitrogens with one attached hydrogen (secondary N) is 1. The van der Waals surface area contributed by atoms with Crippen molar-refractivity contribution in [3.05, 3.63) is 66.4 Å². The lowest BCUT2D eigenvalue weighted by atomic mass is 10.2. The van der Waals surface area contributed by atoms with Crippen LogP contribution in [-0.2, 0) is 0 Å². The largest absolute Gasteiger partial charge is 0.497 e. The van der Waals surface area contributed by atoms with Gasteiger partial charge in [0.2, 0.25) is 0 Å². The number of ether oxygens (including phenoxy) is 1. The first-order chi connectivity index (χ1) is 13.6. The Morgan fingerprint density at radius 3 is 2.29 bits per heavy atom. The predicted octanol–water partition coefficient (Wildman–Crippen LogP) is 4.38. The van der Waals surface area contributed by atoms with Crippen molar-refractivity contribution in [1.82, 2.24) is 14.9 Å². The van der Waals surface area contributed by atoms with E-state index in [4.69, 9.17) is 4.74 Å². The summed E-state index contributed by atoms with van der Waals surface area (Å²) < 4.78 is 5.19. The van der Waals surface area contributed by atoms with Crippen LogP contribution in [0, 0.1) is 0 Å². The third-order valence-electron chi connectivity index (χ3n) is 4.39. The number of anilines is 2. The molecule has 0 bridgehead atoms. The van der Waals surface area contributed by atoms with Crippen molar-refractivity contribution in [2.75, 3.05) is 25.5 Å². The summed E-state index contributed by atoms with van der Waals surface area (Å²) in [7, 11) is 1.63. The zero-order valence-electron chi connectivity index (χ0n) is 16.3. The molecule has 0 aliphatic rings. The molecule has 6 nitrogen and oxygen atoms in total. The van der Waals surface area contributed by atoms with Crippen molar-refractivity contribution < 1.29 is 9.53 Å². The highest BCUT2D eigenvalue weighted by Gasteiger charge is 2.17. The van der Waals surface area contributed by atoms with E-state index in [9.17, 15) is 4.79 Å². The maximum atomic E-state index is 12.9. The van der Waals surface area contributed by atoms with Crippen LogP contribution in [0.4, 0.5) is 11.5 Å². The van der Waals surface area contributed by atoms with Crippen LogP contribution in [-0.4, -0.2) is 41.0 Å². The highest BCUT2D eigenvalue weighted by molar-refractivity contribution is 5.93. The highest BCUT2D eigenvalue weighted by Crippen LogP contribution is 2.23. The van der Waals surface area contributed by atoms with Crippen molar-refractivity contribution in [2.24, 2.45) is 0 Å². The average molecular weight is 376 g/mol. The van der Waals surface area contributed by atoms with E-state index < -0.39 is 0 Å². The lowest BCUT2D eigenvalue weighted by Gasteiger charge is -2.19. The molecule has 0 atom stereocenters. The van der Waals surface area contributed by atoms with Gasteiger partial charge in [-0.2, -0.15) is 0 Å². The number of benzene rings is 2. The summed E-state index contributed by atoms with van der Waals surface area (Å²) >= 11 is 0. The van der Waals surface area contributed by atoms with Gasteiger partial charge in [0.25, 0.3) is 5.91 Å². The number of hydrogen-bond acceptors (Lipinski definition) is 5. The van der Waals surface area contributed by atoms with E-state index in [1.807, 2.05) is 68.4 Å². The van der Waals surface area contributed by atoms with Crippen LogP contribution in [0.5, 0.6) is 5.75 Å². The molecule has 0 fully saturated rings.